The van der Waals surface area contributed by atoms with Gasteiger partial charge in [-0.2, -0.15) is 5.10 Å². The second-order valence-corrected chi connectivity index (χ2v) is 5.84. The van der Waals surface area contributed by atoms with Gasteiger partial charge in [0.15, 0.2) is 0 Å². The Morgan fingerprint density at radius 2 is 1.92 bits per heavy atom. The molecule has 1 aliphatic rings. The number of hydrogen-bond acceptors (Lipinski definition) is 4. The second-order valence-electron chi connectivity index (χ2n) is 5.84. The van der Waals surface area contributed by atoms with Crippen molar-refractivity contribution in [1.82, 2.24) is 24.9 Å². The van der Waals surface area contributed by atoms with Gasteiger partial charge in [-0.3, -0.25) is 14.3 Å². The number of aromatic nitrogens is 2. The van der Waals surface area contributed by atoms with Crippen LogP contribution in [0.4, 0.5) is 0 Å². The number of nitrogens with zero attached hydrogens (tertiary/aromatic N) is 4. The van der Waals surface area contributed by atoms with Crippen LogP contribution in [0.3, 0.4) is 0 Å². The standard InChI is InChI=1S/C15H25N5O2.2ClH/c1-12(20-10-4-7-17-20)15(22)18(2)11-14(21)19(3)13-5-8-16-9-6-13;;/h4,7,10,12-13,16H,5-6,8-9,11H2,1-3H3;2*1H. The van der Waals surface area contributed by atoms with Gasteiger partial charge in [0.1, 0.15) is 6.04 Å². The number of carbonyl (C=O) groups excluding carboxylic acids is 2. The third-order valence-corrected chi connectivity index (χ3v) is 4.28. The fraction of sp³-hybridized carbons (Fsp3) is 0.667. The van der Waals surface area contributed by atoms with E-state index < -0.39 is 6.04 Å². The average Bonchev–Trinajstić information content (AvgIpc) is 3.07. The molecule has 9 heteroatoms. The molecule has 7 nitrogen and oxygen atoms in total. The molecule has 138 valence electrons. The molecular formula is C15H27Cl2N5O2. The molecule has 24 heavy (non-hydrogen) atoms. The molecule has 0 bridgehead atoms. The molecule has 0 aromatic carbocycles. The normalized spacial score (nSPS) is 15.6. The third kappa shape index (κ3) is 5.65. The van der Waals surface area contributed by atoms with Gasteiger partial charge in [0.25, 0.3) is 0 Å². The molecule has 0 radical (unpaired) electrons. The molecule has 2 amide bonds. The van der Waals surface area contributed by atoms with Crippen molar-refractivity contribution >= 4 is 36.6 Å². The Balaban J connectivity index is 0.00000264. The Hall–Kier alpha value is -1.31. The number of carbonyl (C=O) groups is 2. The number of nitrogens with one attached hydrogen (secondary N) is 1. The van der Waals surface area contributed by atoms with Gasteiger partial charge in [-0.25, -0.2) is 0 Å². The first-order valence-electron chi connectivity index (χ1n) is 7.71. The van der Waals surface area contributed by atoms with Gasteiger partial charge < -0.3 is 15.1 Å². The van der Waals surface area contributed by atoms with E-state index in [0.29, 0.717) is 0 Å². The molecule has 1 aromatic rings. The summed E-state index contributed by atoms with van der Waals surface area (Å²) in [5, 5.41) is 7.36. The number of piperidine rings is 1. The summed E-state index contributed by atoms with van der Waals surface area (Å²) in [4.78, 5) is 28.0. The smallest absolute Gasteiger partial charge is 0.247 e. The number of amides is 2. The lowest BCUT2D eigenvalue weighted by atomic mass is 10.1. The second kappa shape index (κ2) is 10.5. The number of halogens is 2. The third-order valence-electron chi connectivity index (χ3n) is 4.28. The highest BCUT2D eigenvalue weighted by Gasteiger charge is 2.26. The van der Waals surface area contributed by atoms with Gasteiger partial charge in [-0.05, 0) is 38.9 Å². The highest BCUT2D eigenvalue weighted by atomic mass is 35.5. The van der Waals surface area contributed by atoms with E-state index in [9.17, 15) is 9.59 Å². The summed E-state index contributed by atoms with van der Waals surface area (Å²) in [6.45, 7) is 3.76. The lowest BCUT2D eigenvalue weighted by molar-refractivity contribution is -0.141. The lowest BCUT2D eigenvalue weighted by Gasteiger charge is -2.33. The van der Waals surface area contributed by atoms with Crippen LogP contribution in [0.2, 0.25) is 0 Å². The van der Waals surface area contributed by atoms with Gasteiger partial charge in [-0.1, -0.05) is 0 Å². The summed E-state index contributed by atoms with van der Waals surface area (Å²) in [7, 11) is 3.49. The molecule has 2 rings (SSSR count). The van der Waals surface area contributed by atoms with Gasteiger partial charge >= 0.3 is 0 Å². The maximum Gasteiger partial charge on any atom is 0.247 e. The molecule has 0 saturated carbocycles. The van der Waals surface area contributed by atoms with Gasteiger partial charge in [0.2, 0.25) is 11.8 Å². The van der Waals surface area contributed by atoms with Crippen LogP contribution in [-0.2, 0) is 9.59 Å². The zero-order chi connectivity index (χ0) is 16.1. The molecule has 1 N–H and O–H groups in total. The summed E-state index contributed by atoms with van der Waals surface area (Å²) >= 11 is 0. The first kappa shape index (κ1) is 22.7. The Morgan fingerprint density at radius 3 is 2.46 bits per heavy atom. The minimum absolute atomic E-state index is 0. The van der Waals surface area contributed by atoms with Crippen LogP contribution in [0.15, 0.2) is 18.5 Å². The van der Waals surface area contributed by atoms with Crippen molar-refractivity contribution in [1.29, 1.82) is 0 Å². The highest BCUT2D eigenvalue weighted by Crippen LogP contribution is 2.12. The van der Waals surface area contributed by atoms with Crippen molar-refractivity contribution in [2.24, 2.45) is 0 Å². The first-order chi connectivity index (χ1) is 10.5. The Bertz CT molecular complexity index is 506. The number of hydrogen-bond donors (Lipinski definition) is 1. The van der Waals surface area contributed by atoms with E-state index in [1.54, 1.807) is 42.0 Å². The molecule has 1 aliphatic heterocycles. The fourth-order valence-electron chi connectivity index (χ4n) is 2.73. The van der Waals surface area contributed by atoms with Gasteiger partial charge in [0.05, 0.1) is 6.54 Å². The highest BCUT2D eigenvalue weighted by molar-refractivity contribution is 5.86. The lowest BCUT2D eigenvalue weighted by Crippen LogP contribution is -2.48. The number of rotatable bonds is 5. The fourth-order valence-corrected chi connectivity index (χ4v) is 2.73. The summed E-state index contributed by atoms with van der Waals surface area (Å²) in [6.07, 6.45) is 5.31. The van der Waals surface area contributed by atoms with E-state index in [-0.39, 0.29) is 49.2 Å². The van der Waals surface area contributed by atoms with E-state index in [1.165, 1.54) is 4.90 Å². The summed E-state index contributed by atoms with van der Waals surface area (Å²) in [5.41, 5.74) is 0. The van der Waals surface area contributed by atoms with Crippen LogP contribution in [0.5, 0.6) is 0 Å². The summed E-state index contributed by atoms with van der Waals surface area (Å²) in [5.74, 6) is -0.133. The van der Waals surface area contributed by atoms with Crippen molar-refractivity contribution in [3.8, 4) is 0 Å². The minimum atomic E-state index is -0.406. The number of likely N-dealkylation sites (N-methyl/N-ethyl adjacent to an activating group) is 2. The maximum atomic E-state index is 12.4. The largest absolute Gasteiger partial charge is 0.341 e. The van der Waals surface area contributed by atoms with Crippen LogP contribution < -0.4 is 5.32 Å². The molecule has 1 atom stereocenters. The van der Waals surface area contributed by atoms with Crippen LogP contribution >= 0.6 is 24.8 Å². The molecule has 0 spiro atoms. The molecule has 0 aliphatic carbocycles. The minimum Gasteiger partial charge on any atom is -0.341 e. The van der Waals surface area contributed by atoms with Crippen LogP contribution in [-0.4, -0.2) is 71.2 Å². The maximum absolute atomic E-state index is 12.4. The Morgan fingerprint density at radius 1 is 1.29 bits per heavy atom. The van der Waals surface area contributed by atoms with Gasteiger partial charge in [-0.15, -0.1) is 24.8 Å². The Kier molecular flexibility index (Phi) is 9.96. The van der Waals surface area contributed by atoms with Crippen molar-refractivity contribution in [2.75, 3.05) is 33.7 Å². The van der Waals surface area contributed by atoms with Crippen LogP contribution in [0.25, 0.3) is 0 Å². The summed E-state index contributed by atoms with van der Waals surface area (Å²) < 4.78 is 1.60. The van der Waals surface area contributed by atoms with E-state index in [0.717, 1.165) is 25.9 Å². The molecule has 1 aromatic heterocycles. The monoisotopic (exact) mass is 379 g/mol. The van der Waals surface area contributed by atoms with E-state index in [4.69, 9.17) is 0 Å². The molecule has 1 unspecified atom stereocenters. The predicted molar refractivity (Wildman–Crippen MR) is 97.7 cm³/mol. The van der Waals surface area contributed by atoms with Crippen molar-refractivity contribution in [3.63, 3.8) is 0 Å². The van der Waals surface area contributed by atoms with E-state index in [1.807, 2.05) is 7.05 Å². The van der Waals surface area contributed by atoms with Crippen molar-refractivity contribution in [2.45, 2.75) is 31.8 Å². The van der Waals surface area contributed by atoms with Crippen LogP contribution in [0, 0.1) is 0 Å². The zero-order valence-corrected chi connectivity index (χ0v) is 16.0. The topological polar surface area (TPSA) is 70.5 Å². The zero-order valence-electron chi connectivity index (χ0n) is 14.3. The van der Waals surface area contributed by atoms with Gasteiger partial charge in [0, 0.05) is 32.5 Å². The molecule has 2 heterocycles. The SMILES string of the molecule is CC(C(=O)N(C)CC(=O)N(C)C1CCNCC1)n1cccn1.Cl.Cl. The van der Waals surface area contributed by atoms with E-state index >= 15 is 0 Å². The van der Waals surface area contributed by atoms with Crippen LogP contribution in [0.1, 0.15) is 25.8 Å². The Labute approximate surface area is 155 Å². The van der Waals surface area contributed by atoms with E-state index in [2.05, 4.69) is 10.4 Å². The first-order valence-corrected chi connectivity index (χ1v) is 7.71. The molecule has 1 saturated heterocycles. The van der Waals surface area contributed by atoms with Crippen molar-refractivity contribution < 1.29 is 9.59 Å². The quantitative estimate of drug-likeness (QED) is 0.826. The molecular weight excluding hydrogens is 353 g/mol. The average molecular weight is 380 g/mol. The van der Waals surface area contributed by atoms with Crippen molar-refractivity contribution in [3.05, 3.63) is 18.5 Å². The predicted octanol–water partition coefficient (Wildman–Crippen LogP) is 0.956. The summed E-state index contributed by atoms with van der Waals surface area (Å²) in [6, 6.07) is 1.64. The molecule has 1 fully saturated rings.